The van der Waals surface area contributed by atoms with Crippen molar-refractivity contribution in [2.24, 2.45) is 0 Å². The monoisotopic (exact) mass is 289 g/mol. The molecule has 3 rings (SSSR count). The molecule has 1 aliphatic heterocycles. The van der Waals surface area contributed by atoms with Gasteiger partial charge in [0.1, 0.15) is 5.58 Å². The zero-order chi connectivity index (χ0) is 14.7. The summed E-state index contributed by atoms with van der Waals surface area (Å²) in [6.45, 7) is 2.16. The SMILES string of the molecule is O=C(O)c1oc2ccccc2c1CNCCC1CCCO1. The number of fused-ring (bicyclic) bond motifs is 1. The molecule has 1 atom stereocenters. The Labute approximate surface area is 122 Å². The molecule has 1 fully saturated rings. The lowest BCUT2D eigenvalue weighted by molar-refractivity contribution is 0.0663. The summed E-state index contributed by atoms with van der Waals surface area (Å²) in [6.07, 6.45) is 3.56. The van der Waals surface area contributed by atoms with Gasteiger partial charge in [-0.05, 0) is 31.9 Å². The highest BCUT2D eigenvalue weighted by atomic mass is 16.5. The van der Waals surface area contributed by atoms with E-state index >= 15 is 0 Å². The lowest BCUT2D eigenvalue weighted by atomic mass is 10.1. The Morgan fingerprint density at radius 1 is 1.38 bits per heavy atom. The number of furan rings is 1. The maximum absolute atomic E-state index is 11.3. The molecule has 2 aromatic rings. The Morgan fingerprint density at radius 2 is 2.24 bits per heavy atom. The van der Waals surface area contributed by atoms with Crippen LogP contribution in [0.25, 0.3) is 11.0 Å². The van der Waals surface area contributed by atoms with Crippen LogP contribution in [0.3, 0.4) is 0 Å². The number of carboxylic acid groups (broad SMARTS) is 1. The van der Waals surface area contributed by atoms with Crippen molar-refractivity contribution in [3.8, 4) is 0 Å². The van der Waals surface area contributed by atoms with E-state index in [4.69, 9.17) is 9.15 Å². The highest BCUT2D eigenvalue weighted by Crippen LogP contribution is 2.25. The zero-order valence-electron chi connectivity index (χ0n) is 11.8. The number of rotatable bonds is 6. The summed E-state index contributed by atoms with van der Waals surface area (Å²) in [4.78, 5) is 11.3. The first-order valence-electron chi connectivity index (χ1n) is 7.31. The van der Waals surface area contributed by atoms with E-state index in [1.165, 1.54) is 0 Å². The molecule has 1 saturated heterocycles. The number of hydrogen-bond acceptors (Lipinski definition) is 4. The third-order valence-electron chi connectivity index (χ3n) is 3.86. The summed E-state index contributed by atoms with van der Waals surface area (Å²) in [5.74, 6) is -0.997. The molecule has 0 spiro atoms. The number of ether oxygens (including phenoxy) is 1. The summed E-state index contributed by atoms with van der Waals surface area (Å²) in [7, 11) is 0. The van der Waals surface area contributed by atoms with Crippen LogP contribution < -0.4 is 5.32 Å². The van der Waals surface area contributed by atoms with E-state index in [0.29, 0.717) is 23.8 Å². The summed E-state index contributed by atoms with van der Waals surface area (Å²) in [5, 5.41) is 13.4. The number of carboxylic acids is 1. The number of para-hydroxylation sites is 1. The van der Waals surface area contributed by atoms with Gasteiger partial charge in [-0.25, -0.2) is 4.79 Å². The molecule has 1 aromatic carbocycles. The summed E-state index contributed by atoms with van der Waals surface area (Å²) in [5.41, 5.74) is 1.33. The minimum absolute atomic E-state index is 0.0285. The van der Waals surface area contributed by atoms with Gasteiger partial charge >= 0.3 is 5.97 Å². The van der Waals surface area contributed by atoms with Gasteiger partial charge < -0.3 is 19.6 Å². The van der Waals surface area contributed by atoms with E-state index < -0.39 is 5.97 Å². The zero-order valence-corrected chi connectivity index (χ0v) is 11.8. The van der Waals surface area contributed by atoms with Crippen molar-refractivity contribution < 1.29 is 19.1 Å². The van der Waals surface area contributed by atoms with Crippen LogP contribution in [-0.4, -0.2) is 30.3 Å². The normalized spacial score (nSPS) is 18.4. The summed E-state index contributed by atoms with van der Waals surface area (Å²) in [6, 6.07) is 7.41. The third-order valence-corrected chi connectivity index (χ3v) is 3.86. The van der Waals surface area contributed by atoms with Crippen LogP contribution in [0.15, 0.2) is 28.7 Å². The second kappa shape index (κ2) is 6.28. The molecule has 1 unspecified atom stereocenters. The first kappa shape index (κ1) is 14.1. The van der Waals surface area contributed by atoms with Crippen molar-refractivity contribution in [1.29, 1.82) is 0 Å². The Kier molecular flexibility index (Phi) is 4.22. The number of aromatic carboxylic acids is 1. The van der Waals surface area contributed by atoms with Gasteiger partial charge in [0.25, 0.3) is 0 Å². The van der Waals surface area contributed by atoms with Gasteiger partial charge in [0.05, 0.1) is 6.10 Å². The van der Waals surface area contributed by atoms with E-state index in [-0.39, 0.29) is 5.76 Å². The second-order valence-corrected chi connectivity index (χ2v) is 5.31. The second-order valence-electron chi connectivity index (χ2n) is 5.31. The van der Waals surface area contributed by atoms with Crippen molar-refractivity contribution in [1.82, 2.24) is 5.32 Å². The van der Waals surface area contributed by atoms with Crippen LogP contribution in [0.2, 0.25) is 0 Å². The molecular formula is C16H19NO4. The highest BCUT2D eigenvalue weighted by Gasteiger charge is 2.19. The maximum atomic E-state index is 11.3. The fraction of sp³-hybridized carbons (Fsp3) is 0.438. The Morgan fingerprint density at radius 3 is 3.00 bits per heavy atom. The number of benzene rings is 1. The first-order valence-corrected chi connectivity index (χ1v) is 7.31. The molecule has 21 heavy (non-hydrogen) atoms. The quantitative estimate of drug-likeness (QED) is 0.800. The van der Waals surface area contributed by atoms with Gasteiger partial charge in [-0.1, -0.05) is 18.2 Å². The Balaban J connectivity index is 1.67. The van der Waals surface area contributed by atoms with Crippen LogP contribution in [-0.2, 0) is 11.3 Å². The van der Waals surface area contributed by atoms with E-state index in [2.05, 4.69) is 5.32 Å². The van der Waals surface area contributed by atoms with Gasteiger partial charge in [0.2, 0.25) is 5.76 Å². The van der Waals surface area contributed by atoms with Crippen LogP contribution in [0.1, 0.15) is 35.4 Å². The predicted molar refractivity (Wildman–Crippen MR) is 78.5 cm³/mol. The van der Waals surface area contributed by atoms with Crippen molar-refractivity contribution in [3.63, 3.8) is 0 Å². The average Bonchev–Trinajstić information content (AvgIpc) is 3.11. The number of hydrogen-bond donors (Lipinski definition) is 2. The molecule has 5 heteroatoms. The fourth-order valence-corrected chi connectivity index (χ4v) is 2.80. The molecule has 1 aliphatic rings. The van der Waals surface area contributed by atoms with Gasteiger partial charge in [-0.2, -0.15) is 0 Å². The van der Waals surface area contributed by atoms with Crippen LogP contribution >= 0.6 is 0 Å². The van der Waals surface area contributed by atoms with Crippen LogP contribution in [0.5, 0.6) is 0 Å². The van der Waals surface area contributed by atoms with Crippen LogP contribution in [0, 0.1) is 0 Å². The number of nitrogens with one attached hydrogen (secondary N) is 1. The largest absolute Gasteiger partial charge is 0.475 e. The average molecular weight is 289 g/mol. The lowest BCUT2D eigenvalue weighted by Crippen LogP contribution is -2.20. The molecular weight excluding hydrogens is 270 g/mol. The molecule has 2 heterocycles. The highest BCUT2D eigenvalue weighted by molar-refractivity contribution is 5.95. The Bertz CT molecular complexity index is 628. The molecule has 5 nitrogen and oxygen atoms in total. The van der Waals surface area contributed by atoms with Crippen LogP contribution in [0.4, 0.5) is 0 Å². The van der Waals surface area contributed by atoms with Crippen molar-refractivity contribution in [2.75, 3.05) is 13.2 Å². The van der Waals surface area contributed by atoms with Gasteiger partial charge in [0, 0.05) is 24.1 Å². The molecule has 1 aromatic heterocycles. The molecule has 0 bridgehead atoms. The topological polar surface area (TPSA) is 71.7 Å². The van der Waals surface area contributed by atoms with Crippen molar-refractivity contribution in [2.45, 2.75) is 31.9 Å². The van der Waals surface area contributed by atoms with E-state index in [0.717, 1.165) is 37.8 Å². The van der Waals surface area contributed by atoms with Gasteiger partial charge in [-0.15, -0.1) is 0 Å². The molecule has 0 saturated carbocycles. The predicted octanol–water partition coefficient (Wildman–Crippen LogP) is 2.79. The van der Waals surface area contributed by atoms with Crippen molar-refractivity contribution >= 4 is 16.9 Å². The molecule has 0 amide bonds. The standard InChI is InChI=1S/C16H19NO4/c18-16(19)15-13(12-5-1-2-6-14(12)21-15)10-17-8-7-11-4-3-9-20-11/h1-2,5-6,11,17H,3-4,7-10H2,(H,18,19). The molecule has 2 N–H and O–H groups in total. The lowest BCUT2D eigenvalue weighted by Gasteiger charge is -2.09. The maximum Gasteiger partial charge on any atom is 0.372 e. The third kappa shape index (κ3) is 3.09. The molecule has 0 aliphatic carbocycles. The van der Waals surface area contributed by atoms with E-state index in [1.807, 2.05) is 18.2 Å². The van der Waals surface area contributed by atoms with E-state index in [1.54, 1.807) is 6.07 Å². The first-order chi connectivity index (χ1) is 10.3. The van der Waals surface area contributed by atoms with E-state index in [9.17, 15) is 9.90 Å². The molecule has 112 valence electrons. The summed E-state index contributed by atoms with van der Waals surface area (Å²) < 4.78 is 11.0. The minimum Gasteiger partial charge on any atom is -0.475 e. The Hall–Kier alpha value is -1.85. The summed E-state index contributed by atoms with van der Waals surface area (Å²) >= 11 is 0. The van der Waals surface area contributed by atoms with Gasteiger partial charge in [0.15, 0.2) is 0 Å². The van der Waals surface area contributed by atoms with Gasteiger partial charge in [-0.3, -0.25) is 0 Å². The molecule has 0 radical (unpaired) electrons. The minimum atomic E-state index is -1.03. The fourth-order valence-electron chi connectivity index (χ4n) is 2.80. The number of carbonyl (C=O) groups is 1. The smallest absolute Gasteiger partial charge is 0.372 e. The van der Waals surface area contributed by atoms with Crippen molar-refractivity contribution in [3.05, 3.63) is 35.6 Å².